The highest BCUT2D eigenvalue weighted by Crippen LogP contribution is 2.09. The molecule has 84 valence electrons. The number of carbonyl (C=O) groups excluding carboxylic acids is 1. The van der Waals surface area contributed by atoms with Gasteiger partial charge < -0.3 is 11.1 Å². The Bertz CT molecular complexity index is 169. The van der Waals surface area contributed by atoms with Gasteiger partial charge in [-0.2, -0.15) is 0 Å². The van der Waals surface area contributed by atoms with E-state index in [2.05, 4.69) is 12.2 Å². The highest BCUT2D eigenvalue weighted by molar-refractivity contribution is 5.79. The number of nitrogens with two attached hydrogens (primary N) is 1. The molecular formula is C11H24N2O. The van der Waals surface area contributed by atoms with Crippen molar-refractivity contribution in [1.29, 1.82) is 0 Å². The summed E-state index contributed by atoms with van der Waals surface area (Å²) in [4.78, 5) is 11.7. The molecule has 0 bridgehead atoms. The van der Waals surface area contributed by atoms with Gasteiger partial charge in [-0.15, -0.1) is 0 Å². The third-order valence-electron chi connectivity index (χ3n) is 2.51. The van der Waals surface area contributed by atoms with Crippen LogP contribution in [0.3, 0.4) is 0 Å². The van der Waals surface area contributed by atoms with Gasteiger partial charge in [0.05, 0.1) is 5.92 Å². The summed E-state index contributed by atoms with van der Waals surface area (Å²) in [5.74, 6) is 0.367. The Labute approximate surface area is 87.4 Å². The summed E-state index contributed by atoms with van der Waals surface area (Å²) >= 11 is 0. The molecule has 0 saturated carbocycles. The van der Waals surface area contributed by atoms with Crippen LogP contribution < -0.4 is 11.1 Å². The first kappa shape index (κ1) is 13.4. The summed E-state index contributed by atoms with van der Waals surface area (Å²) in [5, 5.41) is 2.99. The van der Waals surface area contributed by atoms with Crippen LogP contribution >= 0.6 is 0 Å². The molecule has 2 atom stereocenters. The number of hydrogen-bond acceptors (Lipinski definition) is 2. The van der Waals surface area contributed by atoms with Crippen molar-refractivity contribution >= 4 is 5.91 Å². The standard InChI is InChI=1S/C11H24N2O/c1-5-6-9(4)13-11(14)10(7-12)8(2)3/h8-10H,5-7,12H2,1-4H3,(H,13,14). The van der Waals surface area contributed by atoms with Crippen molar-refractivity contribution in [2.24, 2.45) is 17.6 Å². The smallest absolute Gasteiger partial charge is 0.224 e. The SMILES string of the molecule is CCCC(C)NC(=O)C(CN)C(C)C. The Balaban J connectivity index is 4.04. The quantitative estimate of drug-likeness (QED) is 0.683. The molecule has 0 fully saturated rings. The second-order valence-electron chi connectivity index (χ2n) is 4.28. The van der Waals surface area contributed by atoms with E-state index in [4.69, 9.17) is 5.73 Å². The molecule has 0 aliphatic heterocycles. The summed E-state index contributed by atoms with van der Waals surface area (Å²) in [6.45, 7) is 8.65. The molecule has 14 heavy (non-hydrogen) atoms. The van der Waals surface area contributed by atoms with Crippen LogP contribution in [0.4, 0.5) is 0 Å². The van der Waals surface area contributed by atoms with Gasteiger partial charge in [-0.3, -0.25) is 4.79 Å². The molecule has 3 N–H and O–H groups in total. The van der Waals surface area contributed by atoms with Gasteiger partial charge in [0.15, 0.2) is 0 Å². The van der Waals surface area contributed by atoms with Gasteiger partial charge >= 0.3 is 0 Å². The maximum atomic E-state index is 11.7. The molecule has 0 aromatic carbocycles. The van der Waals surface area contributed by atoms with Crippen molar-refractivity contribution in [3.05, 3.63) is 0 Å². The van der Waals surface area contributed by atoms with Crippen LogP contribution in [-0.2, 0) is 4.79 Å². The molecule has 0 spiro atoms. The van der Waals surface area contributed by atoms with Crippen molar-refractivity contribution in [1.82, 2.24) is 5.32 Å². The van der Waals surface area contributed by atoms with E-state index < -0.39 is 0 Å². The molecule has 0 saturated heterocycles. The van der Waals surface area contributed by atoms with Crippen molar-refractivity contribution in [2.75, 3.05) is 6.54 Å². The third-order valence-corrected chi connectivity index (χ3v) is 2.51. The summed E-state index contributed by atoms with van der Waals surface area (Å²) < 4.78 is 0. The van der Waals surface area contributed by atoms with Crippen LogP contribution in [0.2, 0.25) is 0 Å². The lowest BCUT2D eigenvalue weighted by atomic mass is 9.95. The van der Waals surface area contributed by atoms with E-state index in [1.54, 1.807) is 0 Å². The molecule has 2 unspecified atom stereocenters. The Morgan fingerprint density at radius 2 is 1.93 bits per heavy atom. The predicted octanol–water partition coefficient (Wildman–Crippen LogP) is 1.52. The summed E-state index contributed by atoms with van der Waals surface area (Å²) in [6.07, 6.45) is 2.12. The zero-order chi connectivity index (χ0) is 11.1. The minimum atomic E-state index is -0.0469. The highest BCUT2D eigenvalue weighted by atomic mass is 16.1. The first-order valence-electron chi connectivity index (χ1n) is 5.53. The summed E-state index contributed by atoms with van der Waals surface area (Å²) in [7, 11) is 0. The molecule has 3 nitrogen and oxygen atoms in total. The average molecular weight is 200 g/mol. The second-order valence-corrected chi connectivity index (χ2v) is 4.28. The number of nitrogens with one attached hydrogen (secondary N) is 1. The number of carbonyl (C=O) groups is 1. The van der Waals surface area contributed by atoms with Gasteiger partial charge in [0, 0.05) is 12.6 Å². The minimum absolute atomic E-state index is 0.0469. The fourth-order valence-electron chi connectivity index (χ4n) is 1.54. The van der Waals surface area contributed by atoms with Gasteiger partial charge in [-0.1, -0.05) is 27.2 Å². The summed E-state index contributed by atoms with van der Waals surface area (Å²) in [6, 6.07) is 0.264. The molecule has 0 heterocycles. The predicted molar refractivity (Wildman–Crippen MR) is 59.9 cm³/mol. The number of hydrogen-bond donors (Lipinski definition) is 2. The van der Waals surface area contributed by atoms with Crippen LogP contribution in [0.1, 0.15) is 40.5 Å². The van der Waals surface area contributed by atoms with E-state index in [-0.39, 0.29) is 17.9 Å². The molecule has 3 heteroatoms. The zero-order valence-corrected chi connectivity index (χ0v) is 9.84. The van der Waals surface area contributed by atoms with Gasteiger partial charge in [0.2, 0.25) is 5.91 Å². The largest absolute Gasteiger partial charge is 0.353 e. The van der Waals surface area contributed by atoms with Crippen LogP contribution in [0.5, 0.6) is 0 Å². The topological polar surface area (TPSA) is 55.1 Å². The lowest BCUT2D eigenvalue weighted by Crippen LogP contribution is -2.42. The maximum Gasteiger partial charge on any atom is 0.224 e. The lowest BCUT2D eigenvalue weighted by Gasteiger charge is -2.21. The normalized spacial score (nSPS) is 15.3. The first-order valence-corrected chi connectivity index (χ1v) is 5.53. The molecule has 0 aliphatic carbocycles. The first-order chi connectivity index (χ1) is 6.52. The van der Waals surface area contributed by atoms with Crippen LogP contribution in [0.25, 0.3) is 0 Å². The van der Waals surface area contributed by atoms with E-state index in [0.29, 0.717) is 12.5 Å². The van der Waals surface area contributed by atoms with Crippen molar-refractivity contribution in [2.45, 2.75) is 46.6 Å². The highest BCUT2D eigenvalue weighted by Gasteiger charge is 2.21. The fraction of sp³-hybridized carbons (Fsp3) is 0.909. The molecular weight excluding hydrogens is 176 g/mol. The van der Waals surface area contributed by atoms with Crippen LogP contribution in [0, 0.1) is 11.8 Å². The van der Waals surface area contributed by atoms with Gasteiger partial charge in [0.1, 0.15) is 0 Å². The van der Waals surface area contributed by atoms with Crippen molar-refractivity contribution in [3.8, 4) is 0 Å². The van der Waals surface area contributed by atoms with Crippen LogP contribution in [0.15, 0.2) is 0 Å². The Morgan fingerprint density at radius 3 is 2.29 bits per heavy atom. The maximum absolute atomic E-state index is 11.7. The summed E-state index contributed by atoms with van der Waals surface area (Å²) in [5.41, 5.74) is 5.56. The molecule has 0 radical (unpaired) electrons. The fourth-order valence-corrected chi connectivity index (χ4v) is 1.54. The van der Waals surface area contributed by atoms with Gasteiger partial charge in [-0.05, 0) is 19.3 Å². The zero-order valence-electron chi connectivity index (χ0n) is 9.84. The van der Waals surface area contributed by atoms with Crippen LogP contribution in [-0.4, -0.2) is 18.5 Å². The molecule has 0 aromatic rings. The van der Waals surface area contributed by atoms with Gasteiger partial charge in [0.25, 0.3) is 0 Å². The van der Waals surface area contributed by atoms with Crippen molar-refractivity contribution < 1.29 is 4.79 Å². The molecule has 1 amide bonds. The van der Waals surface area contributed by atoms with Crippen molar-refractivity contribution in [3.63, 3.8) is 0 Å². The van der Waals surface area contributed by atoms with Gasteiger partial charge in [-0.25, -0.2) is 0 Å². The Hall–Kier alpha value is -0.570. The molecule has 0 aromatic heterocycles. The molecule has 0 rings (SSSR count). The van der Waals surface area contributed by atoms with E-state index in [1.807, 2.05) is 20.8 Å². The average Bonchev–Trinajstić information content (AvgIpc) is 2.04. The van der Waals surface area contributed by atoms with E-state index in [0.717, 1.165) is 12.8 Å². The Morgan fingerprint density at radius 1 is 1.36 bits per heavy atom. The van der Waals surface area contributed by atoms with E-state index in [1.165, 1.54) is 0 Å². The monoisotopic (exact) mass is 200 g/mol. The van der Waals surface area contributed by atoms with E-state index >= 15 is 0 Å². The minimum Gasteiger partial charge on any atom is -0.353 e. The van der Waals surface area contributed by atoms with E-state index in [9.17, 15) is 4.79 Å². The number of amides is 1. The Kier molecular flexibility index (Phi) is 6.54. The number of rotatable bonds is 6. The second kappa shape index (κ2) is 6.82. The lowest BCUT2D eigenvalue weighted by molar-refractivity contribution is -0.126. The molecule has 0 aliphatic rings. The third kappa shape index (κ3) is 4.61.